The number of aromatic amines is 2. The SMILES string of the molecule is CC(=O)n1c(=O)[nH]c2c(C(=O)CC(C)(C)O)cc(Cc3c[nH]c(=O)c(Cl)c3OCc3ccc(F)cc3F)cc21. The van der Waals surface area contributed by atoms with Crippen LogP contribution in [0, 0.1) is 11.6 Å². The largest absolute Gasteiger partial charge is 0.487 e. The Balaban J connectivity index is 1.80. The normalized spacial score (nSPS) is 11.7. The highest BCUT2D eigenvalue weighted by atomic mass is 35.5. The Labute approximate surface area is 225 Å². The number of halogens is 3. The van der Waals surface area contributed by atoms with Crippen LogP contribution in [0.25, 0.3) is 11.0 Å². The van der Waals surface area contributed by atoms with Crippen molar-refractivity contribution in [2.45, 2.75) is 45.8 Å². The van der Waals surface area contributed by atoms with Crippen LogP contribution in [-0.2, 0) is 13.0 Å². The van der Waals surface area contributed by atoms with Crippen molar-refractivity contribution in [1.29, 1.82) is 0 Å². The Hall–Kier alpha value is -4.09. The van der Waals surface area contributed by atoms with Gasteiger partial charge in [0.2, 0.25) is 5.91 Å². The maximum Gasteiger partial charge on any atom is 0.333 e. The van der Waals surface area contributed by atoms with Crippen LogP contribution < -0.4 is 16.0 Å². The molecule has 0 bridgehead atoms. The molecule has 0 aliphatic carbocycles. The molecule has 39 heavy (non-hydrogen) atoms. The molecule has 9 nitrogen and oxygen atoms in total. The molecular formula is C27H24ClF2N3O6. The fourth-order valence-corrected chi connectivity index (χ4v) is 4.44. The van der Waals surface area contributed by atoms with Crippen molar-refractivity contribution in [2.75, 3.05) is 0 Å². The molecule has 4 rings (SSSR count). The monoisotopic (exact) mass is 559 g/mol. The van der Waals surface area contributed by atoms with E-state index in [-0.39, 0.29) is 52.4 Å². The van der Waals surface area contributed by atoms with Crippen LogP contribution >= 0.6 is 11.6 Å². The quantitative estimate of drug-likeness (QED) is 0.278. The van der Waals surface area contributed by atoms with Gasteiger partial charge in [-0.15, -0.1) is 0 Å². The van der Waals surface area contributed by atoms with Gasteiger partial charge in [0.1, 0.15) is 29.0 Å². The summed E-state index contributed by atoms with van der Waals surface area (Å²) in [6, 6.07) is 5.99. The molecule has 0 amide bonds. The van der Waals surface area contributed by atoms with Gasteiger partial charge in [0.25, 0.3) is 5.56 Å². The van der Waals surface area contributed by atoms with Gasteiger partial charge in [-0.2, -0.15) is 0 Å². The third kappa shape index (κ3) is 5.99. The minimum atomic E-state index is -1.34. The molecular weight excluding hydrogens is 536 g/mol. The van der Waals surface area contributed by atoms with Gasteiger partial charge in [-0.25, -0.2) is 18.1 Å². The second-order valence-corrected chi connectivity index (χ2v) is 10.1. The van der Waals surface area contributed by atoms with Crippen LogP contribution in [0.1, 0.15) is 59.0 Å². The second kappa shape index (κ2) is 10.6. The Bertz CT molecular complexity index is 1730. The molecule has 0 saturated heterocycles. The molecule has 204 valence electrons. The van der Waals surface area contributed by atoms with Crippen LogP contribution in [0.3, 0.4) is 0 Å². The third-order valence-electron chi connectivity index (χ3n) is 5.91. The highest BCUT2D eigenvalue weighted by molar-refractivity contribution is 6.32. The van der Waals surface area contributed by atoms with Crippen molar-refractivity contribution in [3.63, 3.8) is 0 Å². The van der Waals surface area contributed by atoms with Crippen LogP contribution in [0.4, 0.5) is 8.78 Å². The van der Waals surface area contributed by atoms with E-state index in [4.69, 9.17) is 16.3 Å². The molecule has 0 radical (unpaired) electrons. The smallest absolute Gasteiger partial charge is 0.333 e. The summed E-state index contributed by atoms with van der Waals surface area (Å²) >= 11 is 6.22. The van der Waals surface area contributed by atoms with Gasteiger partial charge in [0.05, 0.1) is 16.6 Å². The predicted octanol–water partition coefficient (Wildman–Crippen LogP) is 4.12. The number of imidazole rings is 1. The molecule has 2 aromatic heterocycles. The third-order valence-corrected chi connectivity index (χ3v) is 6.25. The summed E-state index contributed by atoms with van der Waals surface area (Å²) in [5.41, 5.74) is -1.57. The summed E-state index contributed by atoms with van der Waals surface area (Å²) in [5, 5.41) is 9.88. The molecule has 2 aromatic carbocycles. The van der Waals surface area contributed by atoms with Gasteiger partial charge >= 0.3 is 5.69 Å². The maximum atomic E-state index is 14.1. The van der Waals surface area contributed by atoms with Gasteiger partial charge < -0.3 is 19.8 Å². The zero-order chi connectivity index (χ0) is 28.6. The molecule has 0 aliphatic rings. The summed E-state index contributed by atoms with van der Waals surface area (Å²) < 4.78 is 34.0. The first-order valence-corrected chi connectivity index (χ1v) is 12.1. The van der Waals surface area contributed by atoms with Crippen molar-refractivity contribution >= 4 is 34.3 Å². The lowest BCUT2D eigenvalue weighted by Crippen LogP contribution is -2.23. The fourth-order valence-electron chi connectivity index (χ4n) is 4.21. The molecule has 4 aromatic rings. The van der Waals surface area contributed by atoms with E-state index in [1.54, 1.807) is 0 Å². The Kier molecular flexibility index (Phi) is 7.58. The van der Waals surface area contributed by atoms with Crippen LogP contribution in [0.2, 0.25) is 5.02 Å². The van der Waals surface area contributed by atoms with E-state index in [0.29, 0.717) is 17.2 Å². The molecule has 0 saturated carbocycles. The molecule has 0 spiro atoms. The van der Waals surface area contributed by atoms with E-state index < -0.39 is 40.2 Å². The Morgan fingerprint density at radius 2 is 1.85 bits per heavy atom. The van der Waals surface area contributed by atoms with Crippen molar-refractivity contribution in [3.05, 3.63) is 96.3 Å². The molecule has 2 heterocycles. The fraction of sp³-hybridized carbons (Fsp3) is 0.259. The lowest BCUT2D eigenvalue weighted by Gasteiger charge is -2.17. The number of nitrogens with one attached hydrogen (secondary N) is 2. The van der Waals surface area contributed by atoms with Crippen molar-refractivity contribution < 1.29 is 28.2 Å². The average Bonchev–Trinajstić information content (AvgIpc) is 3.16. The number of H-pyrrole nitrogens is 2. The number of pyridine rings is 1. The standard InChI is InChI=1S/C27H24ClF2N3O6/c1-13(34)33-20-8-14(7-18(23(20)32-26(33)37)21(35)10-27(2,3)38)6-16-11-31-25(36)22(28)24(16)39-12-15-4-5-17(29)9-19(15)30/h4-5,7-9,11,38H,6,10,12H2,1-3H3,(H,31,36)(H,32,37). The Morgan fingerprint density at radius 3 is 2.49 bits per heavy atom. The minimum absolute atomic E-state index is 0.00768. The molecule has 3 N–H and O–H groups in total. The summed E-state index contributed by atoms with van der Waals surface area (Å²) in [4.78, 5) is 55.1. The first kappa shape index (κ1) is 27.9. The van der Waals surface area contributed by atoms with E-state index in [2.05, 4.69) is 9.97 Å². The number of carbonyl (C=O) groups is 2. The highest BCUT2D eigenvalue weighted by Gasteiger charge is 2.24. The van der Waals surface area contributed by atoms with Gasteiger partial charge in [-0.1, -0.05) is 11.6 Å². The van der Waals surface area contributed by atoms with E-state index in [0.717, 1.165) is 10.6 Å². The number of aliphatic hydroxyl groups is 1. The van der Waals surface area contributed by atoms with Crippen molar-refractivity contribution in [1.82, 2.24) is 14.5 Å². The van der Waals surface area contributed by atoms with Crippen LogP contribution in [0.5, 0.6) is 5.75 Å². The molecule has 0 fully saturated rings. The molecule has 0 unspecified atom stereocenters. The summed E-state index contributed by atoms with van der Waals surface area (Å²) in [6.07, 6.45) is 1.08. The molecule has 0 aliphatic heterocycles. The Morgan fingerprint density at radius 1 is 1.13 bits per heavy atom. The highest BCUT2D eigenvalue weighted by Crippen LogP contribution is 2.30. The predicted molar refractivity (Wildman–Crippen MR) is 140 cm³/mol. The van der Waals surface area contributed by atoms with E-state index in [9.17, 15) is 33.1 Å². The minimum Gasteiger partial charge on any atom is -0.487 e. The number of hydrogen-bond donors (Lipinski definition) is 3. The van der Waals surface area contributed by atoms with Crippen LogP contribution in [-0.4, -0.2) is 36.9 Å². The second-order valence-electron chi connectivity index (χ2n) is 9.72. The van der Waals surface area contributed by atoms with Gasteiger partial charge in [-0.05, 0) is 43.7 Å². The number of ketones is 1. The van der Waals surface area contributed by atoms with E-state index in [1.807, 2.05) is 0 Å². The average molecular weight is 560 g/mol. The van der Waals surface area contributed by atoms with E-state index >= 15 is 0 Å². The molecule has 0 atom stereocenters. The zero-order valence-corrected chi connectivity index (χ0v) is 21.9. The lowest BCUT2D eigenvalue weighted by atomic mass is 9.94. The number of benzene rings is 2. The number of fused-ring (bicyclic) bond motifs is 1. The summed E-state index contributed by atoms with van der Waals surface area (Å²) in [5.74, 6) is -2.72. The molecule has 12 heteroatoms. The number of ether oxygens (including phenoxy) is 1. The number of rotatable bonds is 8. The number of Topliss-reactive ketones (excluding diaryl/α,β-unsaturated/α-hetero) is 1. The van der Waals surface area contributed by atoms with Crippen molar-refractivity contribution in [3.8, 4) is 5.75 Å². The van der Waals surface area contributed by atoms with Crippen molar-refractivity contribution in [2.24, 2.45) is 0 Å². The van der Waals surface area contributed by atoms with Gasteiger partial charge in [0.15, 0.2) is 5.78 Å². The first-order chi connectivity index (χ1) is 18.2. The van der Waals surface area contributed by atoms with Crippen LogP contribution in [0.15, 0.2) is 46.1 Å². The zero-order valence-electron chi connectivity index (χ0n) is 21.2. The maximum absolute atomic E-state index is 14.1. The van der Waals surface area contributed by atoms with Gasteiger partial charge in [0, 0.05) is 48.7 Å². The number of nitrogens with zero attached hydrogens (tertiary/aromatic N) is 1. The first-order valence-electron chi connectivity index (χ1n) is 11.8. The lowest BCUT2D eigenvalue weighted by molar-refractivity contribution is 0.0588. The summed E-state index contributed by atoms with van der Waals surface area (Å²) in [6.45, 7) is 3.76. The topological polar surface area (TPSA) is 134 Å². The van der Waals surface area contributed by atoms with Gasteiger partial charge in [-0.3, -0.25) is 14.4 Å². The number of aromatic nitrogens is 3. The number of carbonyl (C=O) groups excluding carboxylic acids is 2. The number of hydrogen-bond acceptors (Lipinski definition) is 6. The van der Waals surface area contributed by atoms with E-state index in [1.165, 1.54) is 45.2 Å². The summed E-state index contributed by atoms with van der Waals surface area (Å²) in [7, 11) is 0.